The molecule has 1 aromatic carbocycles. The second-order valence-electron chi connectivity index (χ2n) is 2.79. The summed E-state index contributed by atoms with van der Waals surface area (Å²) in [7, 11) is 1.56. The Bertz CT molecular complexity index is 318. The second kappa shape index (κ2) is 7.09. The summed E-state index contributed by atoms with van der Waals surface area (Å²) >= 11 is 0. The number of carbonyl (C=O) groups is 1. The molecular formula is C10H15ClN2O2. The highest BCUT2D eigenvalue weighted by Gasteiger charge is 2.04. The Balaban J connectivity index is 0.00000196. The number of para-hydroxylation sites is 2. The van der Waals surface area contributed by atoms with Crippen molar-refractivity contribution in [3.8, 4) is 5.75 Å². The summed E-state index contributed by atoms with van der Waals surface area (Å²) in [6.07, 6.45) is 0.318. The Kier molecular flexibility index (Phi) is 6.49. The lowest BCUT2D eigenvalue weighted by Crippen LogP contribution is -2.16. The van der Waals surface area contributed by atoms with Crippen molar-refractivity contribution in [2.75, 3.05) is 19.0 Å². The van der Waals surface area contributed by atoms with E-state index in [1.165, 1.54) is 0 Å². The summed E-state index contributed by atoms with van der Waals surface area (Å²) in [6, 6.07) is 7.25. The van der Waals surface area contributed by atoms with E-state index in [0.29, 0.717) is 24.4 Å². The highest BCUT2D eigenvalue weighted by atomic mass is 35.5. The van der Waals surface area contributed by atoms with Gasteiger partial charge in [-0.1, -0.05) is 12.1 Å². The molecule has 0 aliphatic heterocycles. The van der Waals surface area contributed by atoms with Crippen LogP contribution in [0.2, 0.25) is 0 Å². The van der Waals surface area contributed by atoms with Crippen LogP contribution in [0.4, 0.5) is 5.69 Å². The van der Waals surface area contributed by atoms with E-state index in [2.05, 4.69) is 5.32 Å². The normalized spacial score (nSPS) is 8.93. The number of ether oxygens (including phenoxy) is 1. The Morgan fingerprint density at radius 1 is 1.47 bits per heavy atom. The SMILES string of the molecule is COc1ccccc1NC(=O)CCN.Cl. The number of carbonyl (C=O) groups excluding carboxylic acids is 1. The Labute approximate surface area is 95.2 Å². The van der Waals surface area contributed by atoms with Gasteiger partial charge in [-0.2, -0.15) is 0 Å². The first kappa shape index (κ1) is 13.7. The zero-order chi connectivity index (χ0) is 10.4. The van der Waals surface area contributed by atoms with E-state index in [-0.39, 0.29) is 18.3 Å². The van der Waals surface area contributed by atoms with Crippen LogP contribution in [0.15, 0.2) is 24.3 Å². The van der Waals surface area contributed by atoms with Crippen molar-refractivity contribution < 1.29 is 9.53 Å². The van der Waals surface area contributed by atoms with Gasteiger partial charge in [0, 0.05) is 13.0 Å². The van der Waals surface area contributed by atoms with Crippen LogP contribution in [-0.2, 0) is 4.79 Å². The number of hydrogen-bond acceptors (Lipinski definition) is 3. The number of nitrogens with two attached hydrogens (primary N) is 1. The minimum absolute atomic E-state index is 0. The van der Waals surface area contributed by atoms with Crippen LogP contribution in [-0.4, -0.2) is 19.6 Å². The van der Waals surface area contributed by atoms with Crippen molar-refractivity contribution in [1.29, 1.82) is 0 Å². The number of rotatable bonds is 4. The molecule has 0 heterocycles. The Hall–Kier alpha value is -1.26. The molecule has 15 heavy (non-hydrogen) atoms. The molecule has 1 amide bonds. The number of methoxy groups -OCH3 is 1. The van der Waals surface area contributed by atoms with Crippen molar-refractivity contribution in [2.45, 2.75) is 6.42 Å². The molecule has 0 saturated carbocycles. The molecule has 4 nitrogen and oxygen atoms in total. The topological polar surface area (TPSA) is 64.3 Å². The van der Waals surface area contributed by atoms with E-state index >= 15 is 0 Å². The first-order valence-electron chi connectivity index (χ1n) is 4.41. The van der Waals surface area contributed by atoms with Crippen molar-refractivity contribution >= 4 is 24.0 Å². The summed E-state index contributed by atoms with van der Waals surface area (Å²) in [5, 5.41) is 2.72. The smallest absolute Gasteiger partial charge is 0.225 e. The van der Waals surface area contributed by atoms with Gasteiger partial charge in [0.2, 0.25) is 5.91 Å². The van der Waals surface area contributed by atoms with Gasteiger partial charge in [0.25, 0.3) is 0 Å². The van der Waals surface area contributed by atoms with Gasteiger partial charge in [-0.25, -0.2) is 0 Å². The summed E-state index contributed by atoms with van der Waals surface area (Å²) < 4.78 is 5.08. The van der Waals surface area contributed by atoms with Gasteiger partial charge in [-0.05, 0) is 12.1 Å². The van der Waals surface area contributed by atoms with E-state index in [9.17, 15) is 4.79 Å². The van der Waals surface area contributed by atoms with Gasteiger partial charge in [0.1, 0.15) is 5.75 Å². The van der Waals surface area contributed by atoms with Crippen LogP contribution in [0.1, 0.15) is 6.42 Å². The first-order valence-corrected chi connectivity index (χ1v) is 4.41. The number of anilines is 1. The molecule has 0 bridgehead atoms. The molecule has 5 heteroatoms. The highest BCUT2D eigenvalue weighted by molar-refractivity contribution is 5.92. The quantitative estimate of drug-likeness (QED) is 0.822. The fraction of sp³-hybridized carbons (Fsp3) is 0.300. The van der Waals surface area contributed by atoms with Gasteiger partial charge in [-0.15, -0.1) is 12.4 Å². The van der Waals surface area contributed by atoms with E-state index in [1.807, 2.05) is 12.1 Å². The van der Waals surface area contributed by atoms with Crippen molar-refractivity contribution in [3.63, 3.8) is 0 Å². The van der Waals surface area contributed by atoms with Gasteiger partial charge >= 0.3 is 0 Å². The minimum Gasteiger partial charge on any atom is -0.495 e. The second-order valence-corrected chi connectivity index (χ2v) is 2.79. The predicted octanol–water partition coefficient (Wildman–Crippen LogP) is 1.40. The van der Waals surface area contributed by atoms with Crippen molar-refractivity contribution in [3.05, 3.63) is 24.3 Å². The molecule has 0 atom stereocenters. The number of halogens is 1. The Morgan fingerprint density at radius 3 is 2.73 bits per heavy atom. The molecule has 0 unspecified atom stereocenters. The minimum atomic E-state index is -0.1000. The lowest BCUT2D eigenvalue weighted by atomic mass is 10.3. The molecule has 0 aliphatic rings. The number of amides is 1. The highest BCUT2D eigenvalue weighted by Crippen LogP contribution is 2.22. The number of hydrogen-bond donors (Lipinski definition) is 2. The molecule has 0 spiro atoms. The Morgan fingerprint density at radius 2 is 2.13 bits per heavy atom. The maximum Gasteiger partial charge on any atom is 0.225 e. The molecule has 1 rings (SSSR count). The van der Waals surface area contributed by atoms with Crippen LogP contribution in [0.3, 0.4) is 0 Å². The van der Waals surface area contributed by atoms with Gasteiger partial charge < -0.3 is 15.8 Å². The summed E-state index contributed by atoms with van der Waals surface area (Å²) in [5.74, 6) is 0.551. The van der Waals surface area contributed by atoms with Crippen LogP contribution >= 0.6 is 12.4 Å². The summed E-state index contributed by atoms with van der Waals surface area (Å²) in [4.78, 5) is 11.2. The zero-order valence-electron chi connectivity index (χ0n) is 8.53. The summed E-state index contributed by atoms with van der Waals surface area (Å²) in [6.45, 7) is 0.348. The van der Waals surface area contributed by atoms with Crippen LogP contribution in [0.25, 0.3) is 0 Å². The molecule has 0 aromatic heterocycles. The number of benzene rings is 1. The zero-order valence-corrected chi connectivity index (χ0v) is 9.34. The third-order valence-corrected chi connectivity index (χ3v) is 1.75. The van der Waals surface area contributed by atoms with Crippen molar-refractivity contribution in [2.24, 2.45) is 5.73 Å². The van der Waals surface area contributed by atoms with E-state index < -0.39 is 0 Å². The van der Waals surface area contributed by atoms with E-state index in [1.54, 1.807) is 19.2 Å². The van der Waals surface area contributed by atoms with Crippen LogP contribution in [0, 0.1) is 0 Å². The van der Waals surface area contributed by atoms with Crippen molar-refractivity contribution in [1.82, 2.24) is 0 Å². The molecule has 0 fully saturated rings. The van der Waals surface area contributed by atoms with Crippen LogP contribution in [0.5, 0.6) is 5.75 Å². The molecule has 84 valence electrons. The first-order chi connectivity index (χ1) is 6.77. The maximum atomic E-state index is 11.2. The number of nitrogens with one attached hydrogen (secondary N) is 1. The monoisotopic (exact) mass is 230 g/mol. The lowest BCUT2D eigenvalue weighted by Gasteiger charge is -2.08. The fourth-order valence-corrected chi connectivity index (χ4v) is 1.09. The molecule has 0 saturated heterocycles. The fourth-order valence-electron chi connectivity index (χ4n) is 1.09. The lowest BCUT2D eigenvalue weighted by molar-refractivity contribution is -0.116. The third kappa shape index (κ3) is 4.18. The molecular weight excluding hydrogens is 216 g/mol. The van der Waals surface area contributed by atoms with Crippen LogP contribution < -0.4 is 15.8 Å². The third-order valence-electron chi connectivity index (χ3n) is 1.75. The average Bonchev–Trinajstić information content (AvgIpc) is 2.19. The summed E-state index contributed by atoms with van der Waals surface area (Å²) in [5.41, 5.74) is 5.94. The average molecular weight is 231 g/mol. The maximum absolute atomic E-state index is 11.2. The van der Waals surface area contributed by atoms with Gasteiger partial charge in [0.05, 0.1) is 12.8 Å². The van der Waals surface area contributed by atoms with Gasteiger partial charge in [0.15, 0.2) is 0 Å². The standard InChI is InChI=1S/C10H14N2O2.ClH/c1-14-9-5-3-2-4-8(9)12-10(13)6-7-11;/h2-5H,6-7,11H2,1H3,(H,12,13);1H. The molecule has 0 radical (unpaired) electrons. The molecule has 3 N–H and O–H groups in total. The largest absolute Gasteiger partial charge is 0.495 e. The predicted molar refractivity (Wildman–Crippen MR) is 62.5 cm³/mol. The van der Waals surface area contributed by atoms with E-state index in [4.69, 9.17) is 10.5 Å². The van der Waals surface area contributed by atoms with Gasteiger partial charge in [-0.3, -0.25) is 4.79 Å². The van der Waals surface area contributed by atoms with E-state index in [0.717, 1.165) is 0 Å². The molecule has 0 aliphatic carbocycles. The molecule has 1 aromatic rings.